The van der Waals surface area contributed by atoms with Crippen LogP contribution in [0.15, 0.2) is 30.6 Å². The van der Waals surface area contributed by atoms with Gasteiger partial charge in [0.15, 0.2) is 5.65 Å². The van der Waals surface area contributed by atoms with Crippen LogP contribution in [0.2, 0.25) is 5.15 Å². The van der Waals surface area contributed by atoms with Crippen molar-refractivity contribution < 1.29 is 4.74 Å². The van der Waals surface area contributed by atoms with E-state index in [1.165, 1.54) is 7.11 Å². The zero-order valence-electron chi connectivity index (χ0n) is 9.41. The molecular formula is C11H8ClN5O. The maximum Gasteiger partial charge on any atom is 0.242 e. The van der Waals surface area contributed by atoms with E-state index < -0.39 is 0 Å². The molecule has 0 aliphatic rings. The van der Waals surface area contributed by atoms with Gasteiger partial charge in [0.1, 0.15) is 5.15 Å². The maximum atomic E-state index is 5.89. The van der Waals surface area contributed by atoms with Crippen LogP contribution in [-0.2, 0) is 0 Å². The van der Waals surface area contributed by atoms with Gasteiger partial charge < -0.3 is 4.74 Å². The number of rotatable bonds is 2. The molecule has 3 rings (SSSR count). The molecule has 7 heteroatoms. The lowest BCUT2D eigenvalue weighted by Crippen LogP contribution is -1.98. The van der Waals surface area contributed by atoms with Gasteiger partial charge in [-0.15, -0.1) is 5.10 Å². The Morgan fingerprint density at radius 1 is 1.28 bits per heavy atom. The summed E-state index contributed by atoms with van der Waals surface area (Å²) in [6, 6.07) is 5.27. The molecule has 0 saturated carbocycles. The van der Waals surface area contributed by atoms with Gasteiger partial charge in [-0.25, -0.2) is 9.50 Å². The highest BCUT2D eigenvalue weighted by atomic mass is 35.5. The van der Waals surface area contributed by atoms with Crippen LogP contribution in [0.5, 0.6) is 5.88 Å². The Labute approximate surface area is 107 Å². The summed E-state index contributed by atoms with van der Waals surface area (Å²) >= 11 is 5.89. The third kappa shape index (κ3) is 1.67. The van der Waals surface area contributed by atoms with Gasteiger partial charge in [-0.1, -0.05) is 11.6 Å². The number of imidazole rings is 1. The first-order valence-electron chi connectivity index (χ1n) is 5.16. The molecule has 0 radical (unpaired) electrons. The monoisotopic (exact) mass is 261 g/mol. The summed E-state index contributed by atoms with van der Waals surface area (Å²) in [6.07, 6.45) is 3.28. The van der Waals surface area contributed by atoms with E-state index in [0.29, 0.717) is 16.7 Å². The molecule has 3 aromatic rings. The van der Waals surface area contributed by atoms with E-state index in [4.69, 9.17) is 16.3 Å². The molecule has 0 N–H and O–H groups in total. The molecule has 0 bridgehead atoms. The summed E-state index contributed by atoms with van der Waals surface area (Å²) < 4.78 is 6.81. The minimum atomic E-state index is 0.391. The molecule has 0 amide bonds. The van der Waals surface area contributed by atoms with Crippen LogP contribution in [-0.4, -0.2) is 31.9 Å². The van der Waals surface area contributed by atoms with E-state index in [9.17, 15) is 0 Å². The Morgan fingerprint density at radius 2 is 2.17 bits per heavy atom. The van der Waals surface area contributed by atoms with Crippen LogP contribution < -0.4 is 4.74 Å². The average molecular weight is 262 g/mol. The molecule has 0 spiro atoms. The van der Waals surface area contributed by atoms with Crippen molar-refractivity contribution in [3.63, 3.8) is 0 Å². The number of fused-ring (bicyclic) bond motifs is 1. The zero-order chi connectivity index (χ0) is 12.5. The van der Waals surface area contributed by atoms with E-state index >= 15 is 0 Å². The van der Waals surface area contributed by atoms with Gasteiger partial charge in [-0.3, -0.25) is 0 Å². The topological polar surface area (TPSA) is 65.2 Å². The lowest BCUT2D eigenvalue weighted by molar-refractivity contribution is 0.393. The third-order valence-electron chi connectivity index (χ3n) is 2.49. The van der Waals surface area contributed by atoms with E-state index in [0.717, 1.165) is 11.3 Å². The molecule has 3 aromatic heterocycles. The standard InChI is InChI=1S/C11H8ClN5O/c1-18-11-7(4-5-14-15-11)8-6-13-10-3-2-9(12)16-17(8)10/h2-6H,1H3. The van der Waals surface area contributed by atoms with Gasteiger partial charge in [0.2, 0.25) is 5.88 Å². The third-order valence-corrected chi connectivity index (χ3v) is 2.69. The lowest BCUT2D eigenvalue weighted by Gasteiger charge is -2.05. The van der Waals surface area contributed by atoms with E-state index in [2.05, 4.69) is 20.3 Å². The number of hydrogen-bond acceptors (Lipinski definition) is 5. The molecule has 0 atom stereocenters. The molecule has 0 fully saturated rings. The molecular weight excluding hydrogens is 254 g/mol. The summed E-state index contributed by atoms with van der Waals surface area (Å²) in [5.74, 6) is 0.418. The van der Waals surface area contributed by atoms with Crippen molar-refractivity contribution in [1.29, 1.82) is 0 Å². The van der Waals surface area contributed by atoms with Crippen molar-refractivity contribution in [1.82, 2.24) is 24.8 Å². The Kier molecular flexibility index (Phi) is 2.56. The van der Waals surface area contributed by atoms with Gasteiger partial charge in [0, 0.05) is 0 Å². The molecule has 90 valence electrons. The second-order valence-corrected chi connectivity index (χ2v) is 3.91. The van der Waals surface area contributed by atoms with E-state index in [1.807, 2.05) is 0 Å². The summed E-state index contributed by atoms with van der Waals surface area (Å²) in [5.41, 5.74) is 2.21. The number of aromatic nitrogens is 5. The summed E-state index contributed by atoms with van der Waals surface area (Å²) in [7, 11) is 1.54. The number of methoxy groups -OCH3 is 1. The molecule has 3 heterocycles. The number of ether oxygens (including phenoxy) is 1. The van der Waals surface area contributed by atoms with Crippen LogP contribution in [0, 0.1) is 0 Å². The van der Waals surface area contributed by atoms with Gasteiger partial charge in [-0.05, 0) is 18.2 Å². The fraction of sp³-hybridized carbons (Fsp3) is 0.0909. The van der Waals surface area contributed by atoms with E-state index in [1.54, 1.807) is 35.1 Å². The zero-order valence-corrected chi connectivity index (χ0v) is 10.2. The van der Waals surface area contributed by atoms with Gasteiger partial charge in [0.05, 0.1) is 30.8 Å². The summed E-state index contributed by atoms with van der Waals surface area (Å²) in [4.78, 5) is 4.25. The summed E-state index contributed by atoms with van der Waals surface area (Å²) in [6.45, 7) is 0. The van der Waals surface area contributed by atoms with Crippen molar-refractivity contribution in [3.8, 4) is 17.1 Å². The van der Waals surface area contributed by atoms with Crippen molar-refractivity contribution >= 4 is 17.2 Å². The molecule has 6 nitrogen and oxygen atoms in total. The quantitative estimate of drug-likeness (QED) is 0.704. The average Bonchev–Trinajstić information content (AvgIpc) is 2.81. The van der Waals surface area contributed by atoms with Crippen molar-refractivity contribution in [2.75, 3.05) is 7.11 Å². The van der Waals surface area contributed by atoms with Crippen LogP contribution in [0.1, 0.15) is 0 Å². The predicted molar refractivity (Wildman–Crippen MR) is 65.6 cm³/mol. The number of nitrogens with zero attached hydrogens (tertiary/aromatic N) is 5. The molecule has 18 heavy (non-hydrogen) atoms. The first-order valence-corrected chi connectivity index (χ1v) is 5.54. The Bertz CT molecular complexity index is 711. The highest BCUT2D eigenvalue weighted by Gasteiger charge is 2.13. The first-order chi connectivity index (χ1) is 8.79. The minimum absolute atomic E-state index is 0.391. The normalized spacial score (nSPS) is 10.8. The fourth-order valence-corrected chi connectivity index (χ4v) is 1.84. The number of hydrogen-bond donors (Lipinski definition) is 0. The van der Waals surface area contributed by atoms with Crippen molar-refractivity contribution in [3.05, 3.63) is 35.7 Å². The van der Waals surface area contributed by atoms with Crippen LogP contribution >= 0.6 is 11.6 Å². The molecule has 0 aliphatic heterocycles. The highest BCUT2D eigenvalue weighted by Crippen LogP contribution is 2.27. The molecule has 0 aliphatic carbocycles. The smallest absolute Gasteiger partial charge is 0.242 e. The summed E-state index contributed by atoms with van der Waals surface area (Å²) in [5, 5.41) is 12.3. The Balaban J connectivity index is 2.28. The predicted octanol–water partition coefficient (Wildman–Crippen LogP) is 1.85. The first kappa shape index (κ1) is 10.9. The highest BCUT2D eigenvalue weighted by molar-refractivity contribution is 6.29. The van der Waals surface area contributed by atoms with Crippen molar-refractivity contribution in [2.45, 2.75) is 0 Å². The van der Waals surface area contributed by atoms with Crippen molar-refractivity contribution in [2.24, 2.45) is 0 Å². The molecule has 0 saturated heterocycles. The fourth-order valence-electron chi connectivity index (χ4n) is 1.70. The van der Waals surface area contributed by atoms with Gasteiger partial charge >= 0.3 is 0 Å². The maximum absolute atomic E-state index is 5.89. The van der Waals surface area contributed by atoms with Crippen LogP contribution in [0.3, 0.4) is 0 Å². The van der Waals surface area contributed by atoms with Gasteiger partial charge in [0.25, 0.3) is 0 Å². The Hall–Kier alpha value is -2.21. The minimum Gasteiger partial charge on any atom is -0.479 e. The molecule has 0 aromatic carbocycles. The second-order valence-electron chi connectivity index (χ2n) is 3.52. The second kappa shape index (κ2) is 4.23. The van der Waals surface area contributed by atoms with E-state index in [-0.39, 0.29) is 0 Å². The SMILES string of the molecule is COc1nnccc1-c1cnc2ccc(Cl)nn12. The number of halogens is 1. The Morgan fingerprint density at radius 3 is 3.00 bits per heavy atom. The molecule has 0 unspecified atom stereocenters. The lowest BCUT2D eigenvalue weighted by atomic mass is 10.2. The largest absolute Gasteiger partial charge is 0.479 e. The van der Waals surface area contributed by atoms with Gasteiger partial charge in [-0.2, -0.15) is 10.2 Å². The van der Waals surface area contributed by atoms with Crippen LogP contribution in [0.25, 0.3) is 16.9 Å². The van der Waals surface area contributed by atoms with Crippen LogP contribution in [0.4, 0.5) is 0 Å².